The number of anilines is 1. The number of rotatable bonds is 4. The van der Waals surface area contributed by atoms with Gasteiger partial charge in [0.1, 0.15) is 0 Å². The van der Waals surface area contributed by atoms with E-state index in [9.17, 15) is 9.59 Å². The standard InChI is InChI=1S/C19H20Cl2N2O2S/c1-11-6-7-15-12(8-11)9-16(26-15)19(25)23(2)10-17(24)22-18-13(20)4-3-5-14(18)21/h3-5,9,11H,6-8,10H2,1-2H3,(H,22,24)/t11-/m1/s1. The second-order valence-corrected chi connectivity index (χ2v) is 8.66. The van der Waals surface area contributed by atoms with Crippen LogP contribution in [0.15, 0.2) is 24.3 Å². The number of hydrogen-bond donors (Lipinski definition) is 1. The molecule has 1 aromatic carbocycles. The summed E-state index contributed by atoms with van der Waals surface area (Å²) in [6, 6.07) is 6.98. The highest BCUT2D eigenvalue weighted by atomic mass is 35.5. The Kier molecular flexibility index (Phi) is 5.90. The molecule has 2 aromatic rings. The van der Waals surface area contributed by atoms with Crippen LogP contribution in [0, 0.1) is 5.92 Å². The quantitative estimate of drug-likeness (QED) is 0.779. The van der Waals surface area contributed by atoms with E-state index in [0.29, 0.717) is 26.5 Å². The third-order valence-electron chi connectivity index (χ3n) is 4.49. The third-order valence-corrected chi connectivity index (χ3v) is 6.35. The number of fused-ring (bicyclic) bond motifs is 1. The van der Waals surface area contributed by atoms with Crippen molar-refractivity contribution < 1.29 is 9.59 Å². The fourth-order valence-corrected chi connectivity index (χ4v) is 4.78. The van der Waals surface area contributed by atoms with E-state index in [1.54, 1.807) is 36.6 Å². The van der Waals surface area contributed by atoms with Crippen molar-refractivity contribution in [3.63, 3.8) is 0 Å². The summed E-state index contributed by atoms with van der Waals surface area (Å²) in [7, 11) is 1.62. The third kappa shape index (κ3) is 4.22. The monoisotopic (exact) mass is 410 g/mol. The molecule has 26 heavy (non-hydrogen) atoms. The number of benzene rings is 1. The summed E-state index contributed by atoms with van der Waals surface area (Å²) >= 11 is 13.7. The van der Waals surface area contributed by atoms with Crippen molar-refractivity contribution in [2.24, 2.45) is 5.92 Å². The Hall–Kier alpha value is -1.56. The lowest BCUT2D eigenvalue weighted by atomic mass is 9.90. The smallest absolute Gasteiger partial charge is 0.264 e. The van der Waals surface area contributed by atoms with Crippen molar-refractivity contribution in [3.05, 3.63) is 49.6 Å². The van der Waals surface area contributed by atoms with Crippen molar-refractivity contribution in [1.82, 2.24) is 4.90 Å². The summed E-state index contributed by atoms with van der Waals surface area (Å²) in [5.74, 6) is 0.173. The van der Waals surface area contributed by atoms with Crippen molar-refractivity contribution >= 4 is 52.0 Å². The zero-order valence-electron chi connectivity index (χ0n) is 14.6. The molecule has 2 amide bonds. The van der Waals surface area contributed by atoms with Crippen LogP contribution in [-0.4, -0.2) is 30.3 Å². The molecule has 0 saturated heterocycles. The Labute approximate surface area is 167 Å². The minimum Gasteiger partial charge on any atom is -0.332 e. The first-order valence-electron chi connectivity index (χ1n) is 8.46. The molecule has 1 heterocycles. The molecule has 1 aliphatic carbocycles. The largest absolute Gasteiger partial charge is 0.332 e. The number of amides is 2. The van der Waals surface area contributed by atoms with Crippen LogP contribution in [0.5, 0.6) is 0 Å². The summed E-state index contributed by atoms with van der Waals surface area (Å²) in [5.41, 5.74) is 1.64. The topological polar surface area (TPSA) is 49.4 Å². The molecular weight excluding hydrogens is 391 g/mol. The van der Waals surface area contributed by atoms with Gasteiger partial charge in [0.15, 0.2) is 0 Å². The van der Waals surface area contributed by atoms with Gasteiger partial charge in [-0.2, -0.15) is 0 Å². The molecule has 1 aromatic heterocycles. The summed E-state index contributed by atoms with van der Waals surface area (Å²) in [6.07, 6.45) is 3.22. The van der Waals surface area contributed by atoms with Crippen LogP contribution in [0.1, 0.15) is 33.5 Å². The number of halogens is 2. The van der Waals surface area contributed by atoms with E-state index in [2.05, 4.69) is 12.2 Å². The predicted molar refractivity (Wildman–Crippen MR) is 108 cm³/mol. The molecule has 3 rings (SSSR count). The normalized spacial score (nSPS) is 16.1. The number of carbonyl (C=O) groups is 2. The fraction of sp³-hybridized carbons (Fsp3) is 0.368. The van der Waals surface area contributed by atoms with E-state index >= 15 is 0 Å². The second-order valence-electron chi connectivity index (χ2n) is 6.71. The van der Waals surface area contributed by atoms with Gasteiger partial charge in [-0.3, -0.25) is 9.59 Å². The molecule has 0 saturated carbocycles. The molecule has 1 N–H and O–H groups in total. The summed E-state index contributed by atoms with van der Waals surface area (Å²) in [4.78, 5) is 28.4. The van der Waals surface area contributed by atoms with Gasteiger partial charge in [0.2, 0.25) is 5.91 Å². The Bertz CT molecular complexity index is 830. The van der Waals surface area contributed by atoms with Gasteiger partial charge in [0.25, 0.3) is 5.91 Å². The molecule has 0 fully saturated rings. The Morgan fingerprint density at radius 3 is 2.69 bits per heavy atom. The maximum Gasteiger partial charge on any atom is 0.264 e. The SMILES string of the molecule is C[C@@H]1CCc2sc(C(=O)N(C)CC(=O)Nc3c(Cl)cccc3Cl)cc2C1. The first kappa shape index (κ1) is 19.2. The predicted octanol–water partition coefficient (Wildman–Crippen LogP) is 4.89. The van der Waals surface area contributed by atoms with E-state index in [0.717, 1.165) is 19.3 Å². The number of aryl methyl sites for hydroxylation is 1. The van der Waals surface area contributed by atoms with E-state index in [4.69, 9.17) is 23.2 Å². The molecule has 0 unspecified atom stereocenters. The number of nitrogens with one attached hydrogen (secondary N) is 1. The number of thiophene rings is 1. The van der Waals surface area contributed by atoms with Gasteiger partial charge in [0, 0.05) is 11.9 Å². The van der Waals surface area contributed by atoms with E-state index in [1.807, 2.05) is 6.07 Å². The maximum absolute atomic E-state index is 12.7. The average Bonchev–Trinajstić information content (AvgIpc) is 3.00. The lowest BCUT2D eigenvalue weighted by molar-refractivity contribution is -0.116. The molecule has 138 valence electrons. The van der Waals surface area contributed by atoms with Crippen LogP contribution in [0.2, 0.25) is 10.0 Å². The number of likely N-dealkylation sites (N-methyl/N-ethyl adjacent to an activating group) is 1. The van der Waals surface area contributed by atoms with E-state index in [1.165, 1.54) is 15.3 Å². The first-order chi connectivity index (χ1) is 12.3. The Morgan fingerprint density at radius 2 is 2.00 bits per heavy atom. The highest BCUT2D eigenvalue weighted by molar-refractivity contribution is 7.14. The van der Waals surface area contributed by atoms with Crippen LogP contribution in [-0.2, 0) is 17.6 Å². The summed E-state index contributed by atoms with van der Waals surface area (Å²) < 4.78 is 0. The number of para-hydroxylation sites is 1. The van der Waals surface area contributed by atoms with Gasteiger partial charge in [-0.15, -0.1) is 11.3 Å². The molecule has 0 radical (unpaired) electrons. The highest BCUT2D eigenvalue weighted by Crippen LogP contribution is 2.33. The number of nitrogens with zero attached hydrogens (tertiary/aromatic N) is 1. The van der Waals surface area contributed by atoms with Gasteiger partial charge in [-0.25, -0.2) is 0 Å². The molecule has 4 nitrogen and oxygen atoms in total. The van der Waals surface area contributed by atoms with Gasteiger partial charge in [-0.05, 0) is 48.9 Å². The average molecular weight is 411 g/mol. The lowest BCUT2D eigenvalue weighted by Gasteiger charge is -2.16. The molecule has 0 aliphatic heterocycles. The van der Waals surface area contributed by atoms with Crippen molar-refractivity contribution in [3.8, 4) is 0 Å². The highest BCUT2D eigenvalue weighted by Gasteiger charge is 2.23. The Morgan fingerprint density at radius 1 is 1.31 bits per heavy atom. The zero-order chi connectivity index (χ0) is 18.8. The molecule has 1 aliphatic rings. The van der Waals surface area contributed by atoms with Crippen LogP contribution in [0.4, 0.5) is 5.69 Å². The lowest BCUT2D eigenvalue weighted by Crippen LogP contribution is -2.34. The maximum atomic E-state index is 12.7. The summed E-state index contributed by atoms with van der Waals surface area (Å²) in [5, 5.41) is 3.40. The van der Waals surface area contributed by atoms with Crippen molar-refractivity contribution in [2.75, 3.05) is 18.9 Å². The van der Waals surface area contributed by atoms with Crippen molar-refractivity contribution in [2.45, 2.75) is 26.2 Å². The van der Waals surface area contributed by atoms with Gasteiger partial charge >= 0.3 is 0 Å². The molecule has 0 spiro atoms. The molecular formula is C19H20Cl2N2O2S. The minimum atomic E-state index is -0.342. The molecule has 1 atom stereocenters. The molecule has 7 heteroatoms. The number of carbonyl (C=O) groups excluding carboxylic acids is 2. The van der Waals surface area contributed by atoms with Crippen LogP contribution >= 0.6 is 34.5 Å². The second kappa shape index (κ2) is 7.99. The van der Waals surface area contributed by atoms with Gasteiger partial charge < -0.3 is 10.2 Å². The fourth-order valence-electron chi connectivity index (χ4n) is 3.08. The van der Waals surface area contributed by atoms with Crippen LogP contribution in [0.3, 0.4) is 0 Å². The van der Waals surface area contributed by atoms with E-state index in [-0.39, 0.29) is 18.4 Å². The Balaban J connectivity index is 1.65. The van der Waals surface area contributed by atoms with Gasteiger partial charge in [-0.1, -0.05) is 36.2 Å². The molecule has 0 bridgehead atoms. The zero-order valence-corrected chi connectivity index (χ0v) is 17.0. The van der Waals surface area contributed by atoms with E-state index < -0.39 is 0 Å². The van der Waals surface area contributed by atoms with Crippen LogP contribution in [0.25, 0.3) is 0 Å². The first-order valence-corrected chi connectivity index (χ1v) is 10.0. The summed E-state index contributed by atoms with van der Waals surface area (Å²) in [6.45, 7) is 2.16. The van der Waals surface area contributed by atoms with Gasteiger partial charge in [0.05, 0.1) is 27.2 Å². The van der Waals surface area contributed by atoms with Crippen molar-refractivity contribution in [1.29, 1.82) is 0 Å². The minimum absolute atomic E-state index is 0.0701. The van der Waals surface area contributed by atoms with Crippen LogP contribution < -0.4 is 5.32 Å². The number of hydrogen-bond acceptors (Lipinski definition) is 3.